The highest BCUT2D eigenvalue weighted by Gasteiger charge is 1.99. The number of carbonyl (C=O) groups is 2. The minimum atomic E-state index is -0.0446. The molecule has 62 valence electrons. The minimum Gasteiger partial charge on any atom is -0.300 e. The number of hydrogen-bond acceptors (Lipinski definition) is 2. The Bertz CT molecular complexity index is 106. The van der Waals surface area contributed by atoms with Crippen molar-refractivity contribution in [3.63, 3.8) is 0 Å². The molecular weight excluding hydrogens is 128 g/mol. The van der Waals surface area contributed by atoms with Crippen molar-refractivity contribution in [2.45, 2.75) is 41.5 Å². The fourth-order valence-electron chi connectivity index (χ4n) is 0.403. The lowest BCUT2D eigenvalue weighted by Gasteiger charge is -1.87. The van der Waals surface area contributed by atoms with Gasteiger partial charge in [0.2, 0.25) is 0 Å². The summed E-state index contributed by atoms with van der Waals surface area (Å²) in [5.74, 6) is -0.0191. The quantitative estimate of drug-likeness (QED) is 0.572. The molecule has 0 aliphatic heterocycles. The van der Waals surface area contributed by atoms with Crippen LogP contribution in [0.3, 0.4) is 0 Å². The number of Topliss-reactive ketones (excluding diaryl/α,β-unsaturated/α-hetero) is 2. The maximum absolute atomic E-state index is 10.4. The van der Waals surface area contributed by atoms with E-state index in [-0.39, 0.29) is 32.8 Å². The van der Waals surface area contributed by atoms with Crippen LogP contribution in [0.4, 0.5) is 0 Å². The second-order valence-electron chi connectivity index (χ2n) is 1.77. The van der Waals surface area contributed by atoms with E-state index in [1.807, 2.05) is 0 Å². The van der Waals surface area contributed by atoms with Gasteiger partial charge in [-0.15, -0.1) is 0 Å². The Morgan fingerprint density at radius 1 is 1.20 bits per heavy atom. The topological polar surface area (TPSA) is 34.1 Å². The summed E-state index contributed by atoms with van der Waals surface area (Å²) in [6.07, 6.45) is 0.579. The van der Waals surface area contributed by atoms with Crippen LogP contribution in [0.1, 0.15) is 41.5 Å². The van der Waals surface area contributed by atoms with Crippen LogP contribution in [0.25, 0.3) is 0 Å². The van der Waals surface area contributed by atoms with Crippen molar-refractivity contribution in [2.24, 2.45) is 0 Å². The van der Waals surface area contributed by atoms with Gasteiger partial charge >= 0.3 is 0 Å². The molecule has 0 aliphatic carbocycles. The second-order valence-corrected chi connectivity index (χ2v) is 1.77. The van der Waals surface area contributed by atoms with Gasteiger partial charge < -0.3 is 0 Å². The van der Waals surface area contributed by atoms with E-state index < -0.39 is 0 Å². The van der Waals surface area contributed by atoms with Gasteiger partial charge in [0.25, 0.3) is 0 Å². The Kier molecular flexibility index (Phi) is 13.5. The molecule has 0 unspecified atom stereocenters. The molecule has 0 saturated carbocycles. The summed E-state index contributed by atoms with van der Waals surface area (Å²) >= 11 is 0. The molecule has 10 heavy (non-hydrogen) atoms. The van der Waals surface area contributed by atoms with Crippen LogP contribution in [-0.4, -0.2) is 11.6 Å². The van der Waals surface area contributed by atoms with Gasteiger partial charge in [-0.2, -0.15) is 0 Å². The molecule has 0 aromatic rings. The third-order valence-corrected chi connectivity index (χ3v) is 0.840. The van der Waals surface area contributed by atoms with Gasteiger partial charge in [-0.25, -0.2) is 0 Å². The third kappa shape index (κ3) is 10.3. The van der Waals surface area contributed by atoms with E-state index >= 15 is 0 Å². The maximum atomic E-state index is 10.4. The molecule has 0 spiro atoms. The predicted molar refractivity (Wildman–Crippen MR) is 44.1 cm³/mol. The SMILES string of the molecule is C.C.CCC(=O)CC(C)=O. The first-order chi connectivity index (χ1) is 3.66. The van der Waals surface area contributed by atoms with Crippen molar-refractivity contribution in [2.75, 3.05) is 0 Å². The summed E-state index contributed by atoms with van der Waals surface area (Å²) in [7, 11) is 0. The Labute approximate surface area is 63.6 Å². The highest BCUT2D eigenvalue weighted by atomic mass is 16.1. The Morgan fingerprint density at radius 2 is 1.60 bits per heavy atom. The summed E-state index contributed by atoms with van der Waals surface area (Å²) in [6, 6.07) is 0. The molecule has 0 amide bonds. The van der Waals surface area contributed by atoms with Gasteiger partial charge in [0.05, 0.1) is 6.42 Å². The molecule has 0 aliphatic rings. The lowest BCUT2D eigenvalue weighted by molar-refractivity contribution is -0.125. The van der Waals surface area contributed by atoms with Crippen LogP contribution < -0.4 is 0 Å². The lowest BCUT2D eigenvalue weighted by Crippen LogP contribution is -2.01. The second kappa shape index (κ2) is 8.34. The van der Waals surface area contributed by atoms with Crippen molar-refractivity contribution < 1.29 is 9.59 Å². The van der Waals surface area contributed by atoms with E-state index in [0.717, 1.165) is 0 Å². The van der Waals surface area contributed by atoms with Crippen LogP contribution in [0.15, 0.2) is 0 Å². The van der Waals surface area contributed by atoms with Gasteiger partial charge in [0.15, 0.2) is 0 Å². The normalized spacial score (nSPS) is 7.00. The summed E-state index contributed by atoms with van der Waals surface area (Å²) < 4.78 is 0. The standard InChI is InChI=1S/C6H10O2.2CH4/c1-3-6(8)4-5(2)7;;/h3-4H2,1-2H3;2*1H4. The summed E-state index contributed by atoms with van der Waals surface area (Å²) in [5.41, 5.74) is 0. The summed E-state index contributed by atoms with van der Waals surface area (Å²) in [6.45, 7) is 3.18. The van der Waals surface area contributed by atoms with Crippen LogP contribution in [0.5, 0.6) is 0 Å². The van der Waals surface area contributed by atoms with E-state index in [1.165, 1.54) is 6.92 Å². The lowest BCUT2D eigenvalue weighted by atomic mass is 10.2. The largest absolute Gasteiger partial charge is 0.300 e. The minimum absolute atomic E-state index is 0. The molecule has 2 nitrogen and oxygen atoms in total. The average Bonchev–Trinajstić information content (AvgIpc) is 1.65. The smallest absolute Gasteiger partial charge is 0.139 e. The molecule has 0 fully saturated rings. The first-order valence-corrected chi connectivity index (χ1v) is 2.68. The van der Waals surface area contributed by atoms with Crippen molar-refractivity contribution in [1.82, 2.24) is 0 Å². The maximum Gasteiger partial charge on any atom is 0.139 e. The van der Waals surface area contributed by atoms with Gasteiger partial charge in [-0.1, -0.05) is 21.8 Å². The first-order valence-electron chi connectivity index (χ1n) is 2.68. The molecule has 0 aromatic heterocycles. The van der Waals surface area contributed by atoms with E-state index in [0.29, 0.717) is 6.42 Å². The highest BCUT2D eigenvalue weighted by Crippen LogP contribution is 1.87. The molecule has 0 rings (SSSR count). The molecule has 0 atom stereocenters. The number of carbonyl (C=O) groups excluding carboxylic acids is 2. The number of hydrogen-bond donors (Lipinski definition) is 0. The van der Waals surface area contributed by atoms with Crippen LogP contribution in [-0.2, 0) is 9.59 Å². The highest BCUT2D eigenvalue weighted by molar-refractivity contribution is 5.97. The monoisotopic (exact) mass is 146 g/mol. The first kappa shape index (κ1) is 16.2. The van der Waals surface area contributed by atoms with Crippen LogP contribution >= 0.6 is 0 Å². The predicted octanol–water partition coefficient (Wildman–Crippen LogP) is 2.22. The zero-order chi connectivity index (χ0) is 6.57. The summed E-state index contributed by atoms with van der Waals surface area (Å²) in [4.78, 5) is 20.6. The molecule has 2 heteroatoms. The van der Waals surface area contributed by atoms with Crippen molar-refractivity contribution in [3.05, 3.63) is 0 Å². The third-order valence-electron chi connectivity index (χ3n) is 0.840. The molecule has 0 radical (unpaired) electrons. The molecule has 0 heterocycles. The molecule has 0 N–H and O–H groups in total. The molecular formula is C8H18O2. The van der Waals surface area contributed by atoms with Crippen molar-refractivity contribution in [3.8, 4) is 0 Å². The zero-order valence-corrected chi connectivity index (χ0v) is 5.23. The van der Waals surface area contributed by atoms with Gasteiger partial charge in [-0.05, 0) is 6.92 Å². The van der Waals surface area contributed by atoms with E-state index in [2.05, 4.69) is 0 Å². The summed E-state index contributed by atoms with van der Waals surface area (Å²) in [5, 5.41) is 0. The van der Waals surface area contributed by atoms with E-state index in [9.17, 15) is 9.59 Å². The number of ketones is 2. The Hall–Kier alpha value is -0.660. The van der Waals surface area contributed by atoms with Gasteiger partial charge in [0, 0.05) is 6.42 Å². The molecule has 0 bridgehead atoms. The fourth-order valence-corrected chi connectivity index (χ4v) is 0.403. The zero-order valence-electron chi connectivity index (χ0n) is 5.23. The van der Waals surface area contributed by atoms with E-state index in [1.54, 1.807) is 6.92 Å². The van der Waals surface area contributed by atoms with Gasteiger partial charge in [0.1, 0.15) is 11.6 Å². The van der Waals surface area contributed by atoms with Gasteiger partial charge in [-0.3, -0.25) is 9.59 Å². The Balaban J connectivity index is -0.000000245. The van der Waals surface area contributed by atoms with Crippen LogP contribution in [0.2, 0.25) is 0 Å². The van der Waals surface area contributed by atoms with Crippen LogP contribution in [0, 0.1) is 0 Å². The van der Waals surface area contributed by atoms with Crippen molar-refractivity contribution in [1.29, 1.82) is 0 Å². The van der Waals surface area contributed by atoms with Crippen molar-refractivity contribution >= 4 is 11.6 Å². The van der Waals surface area contributed by atoms with E-state index in [4.69, 9.17) is 0 Å². The average molecular weight is 146 g/mol. The number of rotatable bonds is 3. The fraction of sp³-hybridized carbons (Fsp3) is 0.750. The molecule has 0 saturated heterocycles. The molecule has 0 aromatic carbocycles. The Morgan fingerprint density at radius 3 is 1.70 bits per heavy atom.